The van der Waals surface area contributed by atoms with E-state index in [0.717, 1.165) is 22.3 Å². The van der Waals surface area contributed by atoms with Gasteiger partial charge in [-0.25, -0.2) is 0 Å². The minimum atomic E-state index is -3.37. The Bertz CT molecular complexity index is 1340. The molecule has 0 aliphatic carbocycles. The first-order chi connectivity index (χ1) is 20.6. The van der Waals surface area contributed by atoms with Crippen molar-refractivity contribution in [3.05, 3.63) is 118 Å². The van der Waals surface area contributed by atoms with Gasteiger partial charge in [0.1, 0.15) is 0 Å². The Balaban J connectivity index is 1.42. The number of carbonyl (C=O) groups excluding carboxylic acids is 4. The van der Waals surface area contributed by atoms with E-state index in [9.17, 15) is 19.2 Å². The number of benzene rings is 3. The zero-order valence-corrected chi connectivity index (χ0v) is 25.9. The van der Waals surface area contributed by atoms with Crippen LogP contribution in [0.5, 0.6) is 0 Å². The summed E-state index contributed by atoms with van der Waals surface area (Å²) in [6.45, 7) is 10.4. The Kier molecular flexibility index (Phi) is 12.8. The Labute approximate surface area is 257 Å². The van der Waals surface area contributed by atoms with Crippen LogP contribution in [0.1, 0.15) is 45.7 Å². The molecule has 10 nitrogen and oxygen atoms in total. The molecule has 43 heavy (non-hydrogen) atoms. The molecule has 0 aliphatic heterocycles. The van der Waals surface area contributed by atoms with E-state index in [1.807, 2.05) is 13.8 Å². The van der Waals surface area contributed by atoms with Gasteiger partial charge >= 0.3 is 231 Å². The molecule has 3 aromatic rings. The van der Waals surface area contributed by atoms with Crippen molar-refractivity contribution in [1.29, 1.82) is 0 Å². The van der Waals surface area contributed by atoms with E-state index < -0.39 is 44.9 Å². The quantitative estimate of drug-likeness (QED) is 0.0777. The molecule has 0 radical (unpaired) electrons. The Morgan fingerprint density at radius 3 is 1.26 bits per heavy atom. The van der Waals surface area contributed by atoms with Crippen LogP contribution in [0.4, 0.5) is 9.59 Å². The topological polar surface area (TPSA) is 124 Å². The zero-order chi connectivity index (χ0) is 31.2. The average Bonchev–Trinajstić information content (AvgIpc) is 3.01. The van der Waals surface area contributed by atoms with Crippen LogP contribution in [0, 0.1) is 3.57 Å². The van der Waals surface area contributed by atoms with Gasteiger partial charge in [0, 0.05) is 0 Å². The Morgan fingerprint density at radius 2 is 0.884 bits per heavy atom. The molecule has 0 aromatic heterocycles. The molecular weight excluding hydrogens is 671 g/mol. The van der Waals surface area contributed by atoms with E-state index in [-0.39, 0.29) is 26.4 Å². The van der Waals surface area contributed by atoms with Crippen LogP contribution in [-0.4, -0.2) is 50.7 Å². The molecule has 3 aromatic carbocycles. The third-order valence-corrected chi connectivity index (χ3v) is 8.73. The SMILES string of the molecule is C=C(C)c1ccc(C(=O)OCCOC(=O)OI(OC(=O)OCCOC(=O)c2ccc(C(=C)C)cc2)c2ccccc2)cc1. The molecule has 11 heteroatoms. The zero-order valence-electron chi connectivity index (χ0n) is 23.7. The first-order valence-electron chi connectivity index (χ1n) is 13.0. The molecule has 0 fully saturated rings. The Hall–Kier alpha value is -4.65. The van der Waals surface area contributed by atoms with E-state index in [1.54, 1.807) is 78.9 Å². The second kappa shape index (κ2) is 16.7. The third-order valence-electron chi connectivity index (χ3n) is 5.48. The van der Waals surface area contributed by atoms with Crippen molar-refractivity contribution in [2.75, 3.05) is 26.4 Å². The number of ether oxygens (including phenoxy) is 4. The second-order valence-electron chi connectivity index (χ2n) is 8.85. The van der Waals surface area contributed by atoms with Gasteiger partial charge in [0.2, 0.25) is 0 Å². The molecule has 226 valence electrons. The number of carbonyl (C=O) groups is 4. The van der Waals surface area contributed by atoms with Crippen LogP contribution >= 0.6 is 20.6 Å². The summed E-state index contributed by atoms with van der Waals surface area (Å²) in [5, 5.41) is 0. The fourth-order valence-corrected chi connectivity index (χ4v) is 5.76. The van der Waals surface area contributed by atoms with Crippen LogP contribution in [0.2, 0.25) is 0 Å². The Morgan fingerprint density at radius 1 is 0.535 bits per heavy atom. The molecule has 0 atom stereocenters. The molecular formula is C32H31IO10. The maximum atomic E-state index is 12.3. The number of hydrogen-bond donors (Lipinski definition) is 0. The van der Waals surface area contributed by atoms with Crippen LogP contribution in [0.3, 0.4) is 0 Å². The van der Waals surface area contributed by atoms with Crippen molar-refractivity contribution in [3.8, 4) is 0 Å². The van der Waals surface area contributed by atoms with Gasteiger partial charge < -0.3 is 0 Å². The van der Waals surface area contributed by atoms with Gasteiger partial charge in [-0.1, -0.05) is 13.2 Å². The minimum absolute atomic E-state index is 0.213. The molecule has 3 rings (SSSR count). The fraction of sp³-hybridized carbons (Fsp3) is 0.188. The number of halogens is 1. The summed E-state index contributed by atoms with van der Waals surface area (Å²) < 4.78 is 31.3. The van der Waals surface area contributed by atoms with Crippen LogP contribution < -0.4 is 0 Å². The van der Waals surface area contributed by atoms with Crippen LogP contribution in [0.15, 0.2) is 92.0 Å². The molecule has 0 amide bonds. The standard InChI is InChI=1S/C32H31IO10/c1-22(2)24-10-14-26(15-11-24)29(34)38-18-20-40-31(36)42-33(28-8-6-5-7-9-28)43-32(37)41-21-19-39-30(35)27-16-12-25(13-17-27)23(3)4/h5-17H,1,3,18-21H2,2,4H3. The molecule has 0 heterocycles. The molecule has 0 N–H and O–H groups in total. The van der Waals surface area contributed by atoms with E-state index in [1.165, 1.54) is 0 Å². The van der Waals surface area contributed by atoms with Gasteiger partial charge in [-0.2, -0.15) is 0 Å². The van der Waals surface area contributed by atoms with Crippen molar-refractivity contribution in [3.63, 3.8) is 0 Å². The summed E-state index contributed by atoms with van der Waals surface area (Å²) >= 11 is -3.37. The number of allylic oxidation sites excluding steroid dienone is 2. The van der Waals surface area contributed by atoms with E-state index in [0.29, 0.717) is 14.7 Å². The predicted molar refractivity (Wildman–Crippen MR) is 167 cm³/mol. The van der Waals surface area contributed by atoms with E-state index in [2.05, 4.69) is 13.2 Å². The van der Waals surface area contributed by atoms with Crippen LogP contribution in [-0.2, 0) is 25.1 Å². The fourth-order valence-electron chi connectivity index (χ4n) is 3.25. The first-order valence-corrected chi connectivity index (χ1v) is 15.8. The maximum absolute atomic E-state index is 12.3. The number of rotatable bonds is 13. The normalized spacial score (nSPS) is 10.5. The predicted octanol–water partition coefficient (Wildman–Crippen LogP) is 7.28. The summed E-state index contributed by atoms with van der Waals surface area (Å²) in [4.78, 5) is 49.0. The van der Waals surface area contributed by atoms with Crippen molar-refractivity contribution >= 4 is 56.0 Å². The van der Waals surface area contributed by atoms with Gasteiger partial charge in [-0.05, 0) is 13.8 Å². The summed E-state index contributed by atoms with van der Waals surface area (Å²) in [5.41, 5.74) is 4.20. The summed E-state index contributed by atoms with van der Waals surface area (Å²) in [6, 6.07) is 21.9. The molecule has 0 saturated heterocycles. The first kappa shape index (κ1) is 32.9. The summed E-state index contributed by atoms with van der Waals surface area (Å²) in [6.07, 6.45) is -2.20. The average molecular weight is 702 g/mol. The third kappa shape index (κ3) is 10.9. The van der Waals surface area contributed by atoms with Gasteiger partial charge in [0.15, 0.2) is 0 Å². The van der Waals surface area contributed by atoms with E-state index >= 15 is 0 Å². The van der Waals surface area contributed by atoms with Gasteiger partial charge in [-0.15, -0.1) is 0 Å². The summed E-state index contributed by atoms with van der Waals surface area (Å²) in [7, 11) is 0. The van der Waals surface area contributed by atoms with E-state index in [4.69, 9.17) is 25.1 Å². The monoisotopic (exact) mass is 702 g/mol. The molecule has 0 unspecified atom stereocenters. The van der Waals surface area contributed by atoms with Gasteiger partial charge in [0.25, 0.3) is 0 Å². The molecule has 0 spiro atoms. The molecule has 0 aliphatic rings. The van der Waals surface area contributed by atoms with Crippen molar-refractivity contribution < 1.29 is 44.3 Å². The van der Waals surface area contributed by atoms with Crippen molar-refractivity contribution in [2.24, 2.45) is 0 Å². The van der Waals surface area contributed by atoms with Crippen LogP contribution in [0.25, 0.3) is 11.1 Å². The second-order valence-corrected chi connectivity index (χ2v) is 12.2. The molecule has 0 saturated carbocycles. The van der Waals surface area contributed by atoms with Gasteiger partial charge in [-0.3, -0.25) is 0 Å². The number of esters is 2. The van der Waals surface area contributed by atoms with Gasteiger partial charge in [0.05, 0.1) is 0 Å². The number of hydrogen-bond acceptors (Lipinski definition) is 10. The summed E-state index contributed by atoms with van der Waals surface area (Å²) in [5.74, 6) is -1.17. The van der Waals surface area contributed by atoms with Crippen molar-refractivity contribution in [2.45, 2.75) is 13.8 Å². The van der Waals surface area contributed by atoms with Crippen molar-refractivity contribution in [1.82, 2.24) is 0 Å². The molecule has 0 bridgehead atoms.